The van der Waals surface area contributed by atoms with E-state index in [2.05, 4.69) is 19.2 Å². The quantitative estimate of drug-likeness (QED) is 0.661. The van der Waals surface area contributed by atoms with Crippen LogP contribution >= 0.6 is 0 Å². The van der Waals surface area contributed by atoms with Crippen LogP contribution in [0.1, 0.15) is 26.7 Å². The fraction of sp³-hybridized carbons (Fsp3) is 1.00. The molecule has 0 spiro atoms. The van der Waals surface area contributed by atoms with Crippen molar-refractivity contribution in [3.8, 4) is 0 Å². The molecule has 1 aliphatic carbocycles. The van der Waals surface area contributed by atoms with Crippen molar-refractivity contribution in [1.82, 2.24) is 5.32 Å². The Morgan fingerprint density at radius 1 is 1.45 bits per heavy atom. The van der Waals surface area contributed by atoms with Gasteiger partial charge in [-0.05, 0) is 37.8 Å². The molecule has 0 aromatic heterocycles. The van der Waals surface area contributed by atoms with Gasteiger partial charge in [0.15, 0.2) is 0 Å². The average Bonchev–Trinajstić information content (AvgIpc) is 1.83. The number of halogens is 1. The molecule has 0 radical (unpaired) electrons. The summed E-state index contributed by atoms with van der Waals surface area (Å²) in [5, 5.41) is 3.34. The highest BCUT2D eigenvalue weighted by atomic mass is 19.1. The average molecular weight is 159 g/mol. The lowest BCUT2D eigenvalue weighted by molar-refractivity contribution is 0.129. The van der Waals surface area contributed by atoms with Gasteiger partial charge in [-0.25, -0.2) is 4.39 Å². The molecular weight excluding hydrogens is 141 g/mol. The molecule has 66 valence electrons. The van der Waals surface area contributed by atoms with Gasteiger partial charge in [0, 0.05) is 0 Å². The van der Waals surface area contributed by atoms with Crippen LogP contribution in [0.5, 0.6) is 0 Å². The van der Waals surface area contributed by atoms with E-state index in [9.17, 15) is 4.39 Å². The molecule has 0 bridgehead atoms. The van der Waals surface area contributed by atoms with Crippen LogP contribution < -0.4 is 5.32 Å². The second-order valence-corrected chi connectivity index (χ2v) is 3.99. The van der Waals surface area contributed by atoms with E-state index in [1.54, 1.807) is 0 Å². The molecule has 1 aliphatic rings. The maximum absolute atomic E-state index is 12.3. The van der Waals surface area contributed by atoms with E-state index in [4.69, 9.17) is 0 Å². The molecule has 1 rings (SSSR count). The van der Waals surface area contributed by atoms with Crippen LogP contribution in [0.2, 0.25) is 0 Å². The van der Waals surface area contributed by atoms with Crippen LogP contribution in [0, 0.1) is 11.8 Å². The smallest absolute Gasteiger partial charge is 0.101 e. The summed E-state index contributed by atoms with van der Waals surface area (Å²) in [6.07, 6.45) is 1.07. The van der Waals surface area contributed by atoms with Crippen molar-refractivity contribution in [1.29, 1.82) is 0 Å². The van der Waals surface area contributed by atoms with E-state index in [1.807, 2.05) is 0 Å². The highest BCUT2D eigenvalue weighted by Crippen LogP contribution is 2.29. The standard InChI is InChI=1S/C9H18FN/c1-7(2)5-11-6-8-3-9(10)4-8/h7-9,11H,3-6H2,1-2H3. The van der Waals surface area contributed by atoms with Crippen LogP contribution in [0.25, 0.3) is 0 Å². The summed E-state index contributed by atoms with van der Waals surface area (Å²) >= 11 is 0. The molecule has 1 N–H and O–H groups in total. The SMILES string of the molecule is CC(C)CNCC1CC(F)C1. The number of rotatable bonds is 4. The predicted molar refractivity (Wildman–Crippen MR) is 45.3 cm³/mol. The van der Waals surface area contributed by atoms with Gasteiger partial charge in [-0.3, -0.25) is 0 Å². The lowest BCUT2D eigenvalue weighted by Crippen LogP contribution is -2.35. The molecule has 1 nitrogen and oxygen atoms in total. The van der Waals surface area contributed by atoms with Crippen LogP contribution in [0.4, 0.5) is 4.39 Å². The molecule has 0 aliphatic heterocycles. The minimum absolute atomic E-state index is 0.499. The van der Waals surface area contributed by atoms with Gasteiger partial charge in [0.25, 0.3) is 0 Å². The Bertz CT molecular complexity index is 108. The van der Waals surface area contributed by atoms with Gasteiger partial charge in [0.1, 0.15) is 6.17 Å². The summed E-state index contributed by atoms with van der Waals surface area (Å²) in [6.45, 7) is 6.45. The zero-order valence-corrected chi connectivity index (χ0v) is 7.44. The van der Waals surface area contributed by atoms with Crippen molar-refractivity contribution in [2.45, 2.75) is 32.9 Å². The molecule has 0 atom stereocenters. The molecule has 0 amide bonds. The third kappa shape index (κ3) is 3.19. The van der Waals surface area contributed by atoms with Crippen molar-refractivity contribution in [3.63, 3.8) is 0 Å². The second kappa shape index (κ2) is 4.05. The number of hydrogen-bond donors (Lipinski definition) is 1. The lowest BCUT2D eigenvalue weighted by Gasteiger charge is -2.29. The molecule has 1 fully saturated rings. The Labute approximate surface area is 68.4 Å². The van der Waals surface area contributed by atoms with E-state index in [-0.39, 0.29) is 0 Å². The first-order chi connectivity index (χ1) is 5.18. The monoisotopic (exact) mass is 159 g/mol. The maximum atomic E-state index is 12.3. The topological polar surface area (TPSA) is 12.0 Å². The van der Waals surface area contributed by atoms with Gasteiger partial charge in [-0.1, -0.05) is 13.8 Å². The molecule has 0 unspecified atom stereocenters. The van der Waals surface area contributed by atoms with Crippen LogP contribution in [-0.2, 0) is 0 Å². The third-order valence-corrected chi connectivity index (χ3v) is 2.16. The van der Waals surface area contributed by atoms with E-state index in [0.717, 1.165) is 25.9 Å². The zero-order valence-electron chi connectivity index (χ0n) is 7.44. The number of alkyl halides is 1. The molecule has 2 heteroatoms. The lowest BCUT2D eigenvalue weighted by atomic mass is 9.83. The summed E-state index contributed by atoms with van der Waals surface area (Å²) in [5.41, 5.74) is 0. The molecule has 0 aromatic rings. The molecule has 0 heterocycles. The van der Waals surface area contributed by atoms with Crippen LogP contribution in [-0.4, -0.2) is 19.3 Å². The Morgan fingerprint density at radius 2 is 2.09 bits per heavy atom. The predicted octanol–water partition coefficient (Wildman–Crippen LogP) is 1.98. The largest absolute Gasteiger partial charge is 0.316 e. The molecule has 0 aromatic carbocycles. The zero-order chi connectivity index (χ0) is 8.27. The van der Waals surface area contributed by atoms with E-state index >= 15 is 0 Å². The van der Waals surface area contributed by atoms with E-state index < -0.39 is 6.17 Å². The summed E-state index contributed by atoms with van der Waals surface area (Å²) < 4.78 is 12.3. The Morgan fingerprint density at radius 3 is 2.55 bits per heavy atom. The van der Waals surface area contributed by atoms with Gasteiger partial charge < -0.3 is 5.32 Å². The van der Waals surface area contributed by atoms with Gasteiger partial charge in [0.05, 0.1) is 0 Å². The highest BCUT2D eigenvalue weighted by molar-refractivity contribution is 4.80. The summed E-state index contributed by atoms with van der Waals surface area (Å²) in [7, 11) is 0. The molecule has 1 saturated carbocycles. The van der Waals surface area contributed by atoms with Crippen LogP contribution in [0.3, 0.4) is 0 Å². The summed E-state index contributed by atoms with van der Waals surface area (Å²) in [4.78, 5) is 0. The van der Waals surface area contributed by atoms with Crippen molar-refractivity contribution in [2.75, 3.05) is 13.1 Å². The molecular formula is C9H18FN. The number of nitrogens with one attached hydrogen (secondary N) is 1. The van der Waals surface area contributed by atoms with Crippen molar-refractivity contribution >= 4 is 0 Å². The minimum Gasteiger partial charge on any atom is -0.316 e. The van der Waals surface area contributed by atoms with Crippen molar-refractivity contribution in [2.24, 2.45) is 11.8 Å². The maximum Gasteiger partial charge on any atom is 0.101 e. The Hall–Kier alpha value is -0.110. The number of hydrogen-bond acceptors (Lipinski definition) is 1. The Kier molecular flexibility index (Phi) is 3.31. The molecule has 0 saturated heterocycles. The first kappa shape index (κ1) is 8.98. The fourth-order valence-corrected chi connectivity index (χ4v) is 1.40. The highest BCUT2D eigenvalue weighted by Gasteiger charge is 2.27. The molecule has 11 heavy (non-hydrogen) atoms. The third-order valence-electron chi connectivity index (χ3n) is 2.16. The second-order valence-electron chi connectivity index (χ2n) is 3.99. The van der Waals surface area contributed by atoms with Crippen LogP contribution in [0.15, 0.2) is 0 Å². The summed E-state index contributed by atoms with van der Waals surface area (Å²) in [5.74, 6) is 1.32. The van der Waals surface area contributed by atoms with Gasteiger partial charge in [-0.15, -0.1) is 0 Å². The van der Waals surface area contributed by atoms with E-state index in [0.29, 0.717) is 11.8 Å². The van der Waals surface area contributed by atoms with Gasteiger partial charge in [0.2, 0.25) is 0 Å². The Balaban J connectivity index is 1.89. The first-order valence-corrected chi connectivity index (χ1v) is 4.53. The summed E-state index contributed by atoms with van der Waals surface area (Å²) in [6, 6.07) is 0. The normalized spacial score (nSPS) is 30.5. The van der Waals surface area contributed by atoms with Crippen molar-refractivity contribution < 1.29 is 4.39 Å². The minimum atomic E-state index is -0.499. The van der Waals surface area contributed by atoms with Gasteiger partial charge >= 0.3 is 0 Å². The van der Waals surface area contributed by atoms with E-state index in [1.165, 1.54) is 0 Å². The van der Waals surface area contributed by atoms with Crippen molar-refractivity contribution in [3.05, 3.63) is 0 Å². The first-order valence-electron chi connectivity index (χ1n) is 4.53. The fourth-order valence-electron chi connectivity index (χ4n) is 1.40. The van der Waals surface area contributed by atoms with Gasteiger partial charge in [-0.2, -0.15) is 0 Å².